The normalized spacial score (nSPS) is 29.8. The molecule has 0 unspecified atom stereocenters. The number of rotatable bonds is 8. The lowest BCUT2D eigenvalue weighted by molar-refractivity contribution is -0.311. The van der Waals surface area contributed by atoms with Crippen LogP contribution in [0.4, 0.5) is 0 Å². The fraction of sp³-hybridized carbons (Fsp3) is 0.600. The standard InChI is InChI=1S/C20H28O8/c1-2-3-4-5-7-10-14(23)15(11-8-6-9-12-21)27-20-19(26)18(25)17(24)16(13-22)28-20/h2-3,8,11,14-26H,6,9,12-13H2,1H3/b3-2+,11-8+/t14-,15+,16-,17-,18+,19-,20-/m1/s1. The van der Waals surface area contributed by atoms with Crippen LogP contribution in [0, 0.1) is 23.7 Å². The molecule has 7 atom stereocenters. The lowest BCUT2D eigenvalue weighted by Crippen LogP contribution is -2.60. The van der Waals surface area contributed by atoms with Crippen LogP contribution in [0.5, 0.6) is 0 Å². The molecule has 8 heteroatoms. The highest BCUT2D eigenvalue weighted by Crippen LogP contribution is 2.23. The maximum absolute atomic E-state index is 10.3. The molecule has 0 aromatic rings. The number of unbranched alkanes of at least 4 members (excludes halogenated alkanes) is 1. The van der Waals surface area contributed by atoms with E-state index < -0.39 is 49.5 Å². The molecule has 1 heterocycles. The van der Waals surface area contributed by atoms with E-state index in [1.807, 2.05) is 0 Å². The first kappa shape index (κ1) is 24.3. The minimum absolute atomic E-state index is 0.00543. The monoisotopic (exact) mass is 396 g/mol. The molecule has 28 heavy (non-hydrogen) atoms. The minimum Gasteiger partial charge on any atom is -0.396 e. The Bertz CT molecular complexity index is 622. The van der Waals surface area contributed by atoms with Gasteiger partial charge in [0.2, 0.25) is 0 Å². The van der Waals surface area contributed by atoms with E-state index in [4.69, 9.17) is 14.6 Å². The Balaban J connectivity index is 2.92. The fourth-order valence-electron chi connectivity index (χ4n) is 2.35. The van der Waals surface area contributed by atoms with Gasteiger partial charge in [-0.15, -0.1) is 0 Å². The molecule has 0 bridgehead atoms. The van der Waals surface area contributed by atoms with Crippen LogP contribution in [0.15, 0.2) is 24.3 Å². The largest absolute Gasteiger partial charge is 0.396 e. The molecule has 1 aliphatic rings. The van der Waals surface area contributed by atoms with Crippen LogP contribution in [0.25, 0.3) is 0 Å². The zero-order valence-corrected chi connectivity index (χ0v) is 15.7. The van der Waals surface area contributed by atoms with Gasteiger partial charge in [-0.3, -0.25) is 0 Å². The topological polar surface area (TPSA) is 140 Å². The molecule has 1 fully saturated rings. The van der Waals surface area contributed by atoms with Crippen molar-refractivity contribution in [2.24, 2.45) is 0 Å². The first-order chi connectivity index (χ1) is 13.5. The molecule has 0 aliphatic carbocycles. The molecule has 1 saturated heterocycles. The van der Waals surface area contributed by atoms with Crippen LogP contribution < -0.4 is 0 Å². The van der Waals surface area contributed by atoms with Crippen molar-refractivity contribution in [3.05, 3.63) is 24.3 Å². The molecule has 0 aromatic carbocycles. The number of ether oxygens (including phenoxy) is 2. The van der Waals surface area contributed by atoms with E-state index in [-0.39, 0.29) is 6.61 Å². The van der Waals surface area contributed by atoms with E-state index >= 15 is 0 Å². The fourth-order valence-corrected chi connectivity index (χ4v) is 2.35. The molecule has 0 spiro atoms. The summed E-state index contributed by atoms with van der Waals surface area (Å²) in [5.74, 6) is 10.2. The number of aliphatic hydroxyl groups excluding tert-OH is 6. The second kappa shape index (κ2) is 13.5. The Kier molecular flexibility index (Phi) is 11.7. The lowest BCUT2D eigenvalue weighted by atomic mass is 9.99. The molecule has 0 saturated carbocycles. The number of allylic oxidation sites excluding steroid dienone is 3. The molecule has 0 radical (unpaired) electrons. The maximum atomic E-state index is 10.3. The Labute approximate surface area is 164 Å². The summed E-state index contributed by atoms with van der Waals surface area (Å²) >= 11 is 0. The van der Waals surface area contributed by atoms with Crippen LogP contribution in [-0.2, 0) is 9.47 Å². The van der Waals surface area contributed by atoms with Gasteiger partial charge < -0.3 is 40.1 Å². The Hall–Kier alpha value is -1.72. The van der Waals surface area contributed by atoms with Gasteiger partial charge in [-0.2, -0.15) is 0 Å². The lowest BCUT2D eigenvalue weighted by Gasteiger charge is -2.40. The smallest absolute Gasteiger partial charge is 0.187 e. The van der Waals surface area contributed by atoms with Crippen molar-refractivity contribution in [3.63, 3.8) is 0 Å². The maximum Gasteiger partial charge on any atom is 0.187 e. The molecular formula is C20H28O8. The summed E-state index contributed by atoms with van der Waals surface area (Å²) < 4.78 is 10.9. The van der Waals surface area contributed by atoms with E-state index in [1.165, 1.54) is 6.08 Å². The number of hydrogen-bond acceptors (Lipinski definition) is 8. The van der Waals surface area contributed by atoms with Crippen molar-refractivity contribution in [2.75, 3.05) is 13.2 Å². The van der Waals surface area contributed by atoms with Crippen LogP contribution in [-0.4, -0.2) is 86.8 Å². The molecule has 1 aliphatic heterocycles. The SMILES string of the molecule is C/C=C/C#CC#C[C@@H](O)[C@H](/C=C/CCCO)O[C@@H]1O[C@H](CO)[C@@H](O)[C@H](O)[C@H]1O. The predicted molar refractivity (Wildman–Crippen MR) is 100 cm³/mol. The molecule has 0 aromatic heterocycles. The van der Waals surface area contributed by atoms with Gasteiger partial charge in [0, 0.05) is 6.61 Å². The van der Waals surface area contributed by atoms with Crippen LogP contribution >= 0.6 is 0 Å². The molecule has 156 valence electrons. The third-order valence-corrected chi connectivity index (χ3v) is 3.91. The second-order valence-electron chi connectivity index (χ2n) is 6.08. The summed E-state index contributed by atoms with van der Waals surface area (Å²) in [6, 6.07) is 0. The van der Waals surface area contributed by atoms with Crippen molar-refractivity contribution in [2.45, 2.75) is 62.7 Å². The van der Waals surface area contributed by atoms with Crippen LogP contribution in [0.3, 0.4) is 0 Å². The van der Waals surface area contributed by atoms with Gasteiger partial charge >= 0.3 is 0 Å². The first-order valence-corrected chi connectivity index (χ1v) is 9.00. The molecular weight excluding hydrogens is 368 g/mol. The van der Waals surface area contributed by atoms with Gasteiger partial charge in [0.15, 0.2) is 6.29 Å². The predicted octanol–water partition coefficient (Wildman–Crippen LogP) is -1.56. The highest BCUT2D eigenvalue weighted by molar-refractivity contribution is 5.32. The van der Waals surface area contributed by atoms with Gasteiger partial charge in [-0.25, -0.2) is 0 Å². The average Bonchev–Trinajstić information content (AvgIpc) is 2.69. The summed E-state index contributed by atoms with van der Waals surface area (Å²) in [5, 5.41) is 58.2. The number of hydrogen-bond donors (Lipinski definition) is 6. The van der Waals surface area contributed by atoms with E-state index in [9.17, 15) is 25.5 Å². The van der Waals surface area contributed by atoms with Crippen molar-refractivity contribution in [1.29, 1.82) is 0 Å². The third-order valence-electron chi connectivity index (χ3n) is 3.91. The van der Waals surface area contributed by atoms with Gasteiger partial charge in [-0.05, 0) is 37.7 Å². The van der Waals surface area contributed by atoms with Crippen molar-refractivity contribution >= 4 is 0 Å². The summed E-state index contributed by atoms with van der Waals surface area (Å²) in [6.45, 7) is 1.22. The summed E-state index contributed by atoms with van der Waals surface area (Å²) in [5.41, 5.74) is 0. The third kappa shape index (κ3) is 7.72. The summed E-state index contributed by atoms with van der Waals surface area (Å²) in [7, 11) is 0. The Morgan fingerprint density at radius 3 is 2.50 bits per heavy atom. The highest BCUT2D eigenvalue weighted by atomic mass is 16.7. The van der Waals surface area contributed by atoms with Gasteiger partial charge in [0.05, 0.1) is 6.61 Å². The average molecular weight is 396 g/mol. The minimum atomic E-state index is -1.60. The van der Waals surface area contributed by atoms with E-state index in [2.05, 4.69) is 23.7 Å². The van der Waals surface area contributed by atoms with E-state index in [0.29, 0.717) is 12.8 Å². The quantitative estimate of drug-likeness (QED) is 0.165. The second-order valence-corrected chi connectivity index (χ2v) is 6.08. The Morgan fingerprint density at radius 2 is 1.86 bits per heavy atom. The van der Waals surface area contributed by atoms with E-state index in [0.717, 1.165) is 0 Å². The summed E-state index contributed by atoms with van der Waals surface area (Å²) in [4.78, 5) is 0. The number of aliphatic hydroxyl groups is 6. The first-order valence-electron chi connectivity index (χ1n) is 9.00. The highest BCUT2D eigenvalue weighted by Gasteiger charge is 2.45. The van der Waals surface area contributed by atoms with Gasteiger partial charge in [-0.1, -0.05) is 30.1 Å². The van der Waals surface area contributed by atoms with E-state index in [1.54, 1.807) is 25.2 Å². The van der Waals surface area contributed by atoms with Crippen molar-refractivity contribution < 1.29 is 40.1 Å². The Morgan fingerprint density at radius 1 is 1.11 bits per heavy atom. The van der Waals surface area contributed by atoms with Crippen molar-refractivity contribution in [3.8, 4) is 23.7 Å². The van der Waals surface area contributed by atoms with Crippen molar-refractivity contribution in [1.82, 2.24) is 0 Å². The van der Waals surface area contributed by atoms with Crippen LogP contribution in [0.2, 0.25) is 0 Å². The van der Waals surface area contributed by atoms with Gasteiger partial charge in [0.1, 0.15) is 36.6 Å². The zero-order valence-electron chi connectivity index (χ0n) is 15.7. The van der Waals surface area contributed by atoms with Gasteiger partial charge in [0.25, 0.3) is 0 Å². The summed E-state index contributed by atoms with van der Waals surface area (Å²) in [6.07, 6.45) is -2.07. The molecule has 6 N–H and O–H groups in total. The zero-order chi connectivity index (χ0) is 20.9. The molecule has 1 rings (SSSR count). The molecule has 0 amide bonds. The van der Waals surface area contributed by atoms with Crippen LogP contribution in [0.1, 0.15) is 19.8 Å². The molecule has 8 nitrogen and oxygen atoms in total.